The zero-order chi connectivity index (χ0) is 25.7. The number of Topliss-reactive ketones (excluding diaryl/α,β-unsaturated/α-hetero) is 1. The van der Waals surface area contributed by atoms with Crippen molar-refractivity contribution in [3.05, 3.63) is 90.1 Å². The molecule has 0 aromatic heterocycles. The second-order valence-electron chi connectivity index (χ2n) is 9.22. The lowest BCUT2D eigenvalue weighted by Gasteiger charge is -2.30. The minimum atomic E-state index is -0.152. The zero-order valence-corrected chi connectivity index (χ0v) is 23.0. The van der Waals surface area contributed by atoms with E-state index in [1.807, 2.05) is 37.3 Å². The smallest absolute Gasteiger partial charge is 0.232 e. The van der Waals surface area contributed by atoms with E-state index in [1.165, 1.54) is 0 Å². The Kier molecular flexibility index (Phi) is 6.67. The number of nitrogens with zero attached hydrogens (tertiary/aromatic N) is 1. The van der Waals surface area contributed by atoms with Crippen molar-refractivity contribution in [3.8, 4) is 17.2 Å². The van der Waals surface area contributed by atoms with Crippen LogP contribution in [0.15, 0.2) is 46.6 Å². The third-order valence-corrected chi connectivity index (χ3v) is 7.74. The Morgan fingerprint density at radius 2 is 1.97 bits per heavy atom. The number of allylic oxidation sites excluding steroid dienone is 1. The molecule has 0 fully saturated rings. The van der Waals surface area contributed by atoms with E-state index >= 15 is 0 Å². The normalized spacial score (nSPS) is 17.5. The van der Waals surface area contributed by atoms with E-state index in [-0.39, 0.29) is 18.3 Å². The first kappa shape index (κ1) is 24.8. The van der Waals surface area contributed by atoms with Gasteiger partial charge < -0.3 is 18.9 Å². The van der Waals surface area contributed by atoms with Gasteiger partial charge in [-0.15, -0.1) is 0 Å². The van der Waals surface area contributed by atoms with E-state index in [2.05, 4.69) is 20.8 Å². The maximum atomic E-state index is 13.5. The van der Waals surface area contributed by atoms with Crippen molar-refractivity contribution in [1.82, 2.24) is 4.90 Å². The van der Waals surface area contributed by atoms with Crippen molar-refractivity contribution < 1.29 is 23.7 Å². The molecule has 0 saturated carbocycles. The number of hydrogen-bond donors (Lipinski definition) is 0. The minimum absolute atomic E-state index is 0.152. The summed E-state index contributed by atoms with van der Waals surface area (Å²) in [6.07, 6.45) is 2.48. The fourth-order valence-electron chi connectivity index (χ4n) is 4.88. The first-order valence-electron chi connectivity index (χ1n) is 11.8. The van der Waals surface area contributed by atoms with Crippen molar-refractivity contribution in [2.24, 2.45) is 0 Å². The summed E-state index contributed by atoms with van der Waals surface area (Å²) in [5, 5.41) is 1.26. The number of ketones is 1. The van der Waals surface area contributed by atoms with Crippen LogP contribution < -0.4 is 14.2 Å². The molecule has 3 aliphatic rings. The van der Waals surface area contributed by atoms with Gasteiger partial charge in [0.2, 0.25) is 5.78 Å². The molecular weight excluding hydrogens is 581 g/mol. The van der Waals surface area contributed by atoms with Gasteiger partial charge in [0.05, 0.1) is 17.7 Å². The van der Waals surface area contributed by atoms with E-state index in [0.717, 1.165) is 51.0 Å². The van der Waals surface area contributed by atoms with Crippen LogP contribution in [0, 0.1) is 6.92 Å². The second kappa shape index (κ2) is 9.97. The van der Waals surface area contributed by atoms with E-state index in [0.29, 0.717) is 47.0 Å². The predicted molar refractivity (Wildman–Crippen MR) is 145 cm³/mol. The molecule has 0 aliphatic carbocycles. The van der Waals surface area contributed by atoms with Crippen LogP contribution in [0.2, 0.25) is 10.0 Å². The molecule has 0 radical (unpaired) electrons. The molecule has 6 nitrogen and oxygen atoms in total. The molecule has 3 aromatic carbocycles. The maximum Gasteiger partial charge on any atom is 0.232 e. The number of carbonyl (C=O) groups is 1. The number of carbonyl (C=O) groups excluding carboxylic acids is 1. The molecule has 6 rings (SSSR count). The zero-order valence-electron chi connectivity index (χ0n) is 19.9. The Labute approximate surface area is 232 Å². The van der Waals surface area contributed by atoms with Crippen LogP contribution in [0.4, 0.5) is 0 Å². The number of ether oxygens (including phenoxy) is 4. The molecule has 0 bridgehead atoms. The van der Waals surface area contributed by atoms with Crippen molar-refractivity contribution >= 4 is 51.0 Å². The van der Waals surface area contributed by atoms with Gasteiger partial charge in [-0.1, -0.05) is 45.2 Å². The van der Waals surface area contributed by atoms with Gasteiger partial charge in [-0.25, -0.2) is 0 Å². The summed E-state index contributed by atoms with van der Waals surface area (Å²) in [6.45, 7) is 4.28. The van der Waals surface area contributed by atoms with Crippen LogP contribution in [0.5, 0.6) is 17.2 Å². The molecule has 0 spiro atoms. The second-order valence-corrected chi connectivity index (χ2v) is 11.0. The van der Waals surface area contributed by atoms with E-state index in [4.69, 9.17) is 42.1 Å². The number of halogens is 3. The molecular formula is C28H22BrCl2NO5. The predicted octanol–water partition coefficient (Wildman–Crippen LogP) is 6.94. The van der Waals surface area contributed by atoms with Gasteiger partial charge in [0.25, 0.3) is 0 Å². The first-order valence-corrected chi connectivity index (χ1v) is 13.3. The molecule has 0 atom stereocenters. The molecule has 9 heteroatoms. The SMILES string of the molecule is Cc1cc2c(c3c1C(=O)/C(=C\c1cc(Br)cc4c1OCOC4)O3)CN(CCc1ccc(Cl)cc1Cl)CO2. The van der Waals surface area contributed by atoms with E-state index < -0.39 is 0 Å². The van der Waals surface area contributed by atoms with Gasteiger partial charge >= 0.3 is 0 Å². The molecule has 3 aliphatic heterocycles. The summed E-state index contributed by atoms with van der Waals surface area (Å²) in [5.41, 5.74) is 4.95. The Morgan fingerprint density at radius 1 is 1.11 bits per heavy atom. The lowest BCUT2D eigenvalue weighted by molar-refractivity contribution is -0.0165. The summed E-state index contributed by atoms with van der Waals surface area (Å²) in [7, 11) is 0. The monoisotopic (exact) mass is 601 g/mol. The molecule has 3 aromatic rings. The van der Waals surface area contributed by atoms with E-state index in [9.17, 15) is 4.79 Å². The quantitative estimate of drug-likeness (QED) is 0.302. The molecule has 0 saturated heterocycles. The van der Waals surface area contributed by atoms with Gasteiger partial charge in [0.15, 0.2) is 12.6 Å². The van der Waals surface area contributed by atoms with E-state index in [1.54, 1.807) is 12.1 Å². The summed E-state index contributed by atoms with van der Waals surface area (Å²) >= 11 is 15.9. The number of rotatable bonds is 4. The first-order chi connectivity index (χ1) is 17.9. The highest BCUT2D eigenvalue weighted by Gasteiger charge is 2.35. The number of hydrogen-bond acceptors (Lipinski definition) is 6. The van der Waals surface area contributed by atoms with Crippen molar-refractivity contribution in [1.29, 1.82) is 0 Å². The Hall–Kier alpha value is -2.55. The average Bonchev–Trinajstić information content (AvgIpc) is 3.20. The number of fused-ring (bicyclic) bond motifs is 4. The molecule has 3 heterocycles. The molecule has 0 unspecified atom stereocenters. The molecule has 37 heavy (non-hydrogen) atoms. The standard InChI is InChI=1S/C28H22BrCl2NO5/c1-15-6-23-21(11-32(13-35-23)5-4-16-2-3-20(30)10-22(16)31)28-25(15)26(33)24(37-28)9-17-7-19(29)8-18-12-34-14-36-27(17)18/h2-3,6-10H,4-5,11-14H2,1H3/b24-9+. The largest absolute Gasteiger partial charge is 0.478 e. The van der Waals surface area contributed by atoms with Crippen molar-refractivity contribution in [3.63, 3.8) is 0 Å². The summed E-state index contributed by atoms with van der Waals surface area (Å²) in [4.78, 5) is 15.6. The molecule has 190 valence electrons. The number of aryl methyl sites for hydroxylation is 1. The Balaban J connectivity index is 1.28. The highest BCUT2D eigenvalue weighted by atomic mass is 79.9. The Morgan fingerprint density at radius 3 is 2.81 bits per heavy atom. The maximum absolute atomic E-state index is 13.5. The highest BCUT2D eigenvalue weighted by Crippen LogP contribution is 2.45. The highest BCUT2D eigenvalue weighted by molar-refractivity contribution is 9.10. The summed E-state index contributed by atoms with van der Waals surface area (Å²) in [5.74, 6) is 2.11. The van der Waals surface area contributed by atoms with Crippen molar-refractivity contribution in [2.75, 3.05) is 20.1 Å². The van der Waals surface area contributed by atoms with Gasteiger partial charge in [0.1, 0.15) is 24.0 Å². The van der Waals surface area contributed by atoms with Crippen LogP contribution in [0.25, 0.3) is 6.08 Å². The average molecular weight is 603 g/mol. The Bertz CT molecular complexity index is 1470. The van der Waals surface area contributed by atoms with Crippen LogP contribution in [-0.4, -0.2) is 30.8 Å². The van der Waals surface area contributed by atoms with Gasteiger partial charge in [-0.3, -0.25) is 9.69 Å². The fourth-order valence-corrected chi connectivity index (χ4v) is 5.91. The lowest BCUT2D eigenvalue weighted by Crippen LogP contribution is -2.34. The molecule has 0 amide bonds. The van der Waals surface area contributed by atoms with Crippen LogP contribution in [0.3, 0.4) is 0 Å². The summed E-state index contributed by atoms with van der Waals surface area (Å²) in [6, 6.07) is 11.3. The van der Waals surface area contributed by atoms with Gasteiger partial charge in [0, 0.05) is 38.7 Å². The third-order valence-electron chi connectivity index (χ3n) is 6.69. The topological polar surface area (TPSA) is 57.2 Å². The lowest BCUT2D eigenvalue weighted by atomic mass is 9.98. The van der Waals surface area contributed by atoms with Crippen LogP contribution in [-0.2, 0) is 24.3 Å². The van der Waals surface area contributed by atoms with Crippen LogP contribution in [0.1, 0.15) is 38.2 Å². The van der Waals surface area contributed by atoms with Gasteiger partial charge in [-0.2, -0.15) is 0 Å². The molecule has 0 N–H and O–H groups in total. The minimum Gasteiger partial charge on any atom is -0.478 e. The fraction of sp³-hybridized carbons (Fsp3) is 0.250. The number of benzene rings is 3. The van der Waals surface area contributed by atoms with Gasteiger partial charge in [-0.05, 0) is 60.9 Å². The van der Waals surface area contributed by atoms with Crippen molar-refractivity contribution in [2.45, 2.75) is 26.5 Å². The third kappa shape index (κ3) is 4.75. The van der Waals surface area contributed by atoms with Crippen LogP contribution >= 0.6 is 39.1 Å². The summed E-state index contributed by atoms with van der Waals surface area (Å²) < 4.78 is 24.3.